The summed E-state index contributed by atoms with van der Waals surface area (Å²) in [7, 11) is 0. The summed E-state index contributed by atoms with van der Waals surface area (Å²) in [5.74, 6) is 0.211. The average Bonchev–Trinajstić information content (AvgIpc) is 2.42. The average molecular weight is 286 g/mol. The predicted molar refractivity (Wildman–Crippen MR) is 74.9 cm³/mol. The Kier molecular flexibility index (Phi) is 8.49. The van der Waals surface area contributed by atoms with E-state index in [1.807, 2.05) is 6.92 Å². The number of hydrogen-bond acceptors (Lipinski definition) is 5. The zero-order chi connectivity index (χ0) is 14.8. The summed E-state index contributed by atoms with van der Waals surface area (Å²) in [6.45, 7) is 5.67. The van der Waals surface area contributed by atoms with E-state index >= 15 is 0 Å². The highest BCUT2D eigenvalue weighted by atomic mass is 17.2. The van der Waals surface area contributed by atoms with Gasteiger partial charge in [0.25, 0.3) is 0 Å². The third kappa shape index (κ3) is 8.30. The molecule has 0 heterocycles. The second-order valence-electron chi connectivity index (χ2n) is 5.55. The molecule has 1 aliphatic rings. The first-order valence-corrected chi connectivity index (χ1v) is 7.30. The van der Waals surface area contributed by atoms with Crippen LogP contribution >= 0.6 is 0 Å². The van der Waals surface area contributed by atoms with Crippen LogP contribution in [0.5, 0.6) is 0 Å². The minimum Gasteiger partial charge on any atom is -0.463 e. The van der Waals surface area contributed by atoms with Crippen LogP contribution in [0.15, 0.2) is 12.2 Å². The monoisotopic (exact) mass is 286 g/mol. The van der Waals surface area contributed by atoms with Crippen LogP contribution in [0.3, 0.4) is 0 Å². The quantitative estimate of drug-likeness (QED) is 0.232. The summed E-state index contributed by atoms with van der Waals surface area (Å²) < 4.78 is 5.04. The first-order chi connectivity index (χ1) is 9.58. The van der Waals surface area contributed by atoms with Crippen molar-refractivity contribution in [3.8, 4) is 0 Å². The maximum Gasteiger partial charge on any atom is 0.306 e. The largest absolute Gasteiger partial charge is 0.463 e. The number of ether oxygens (including phenoxy) is 1. The molecule has 1 atom stereocenters. The van der Waals surface area contributed by atoms with Crippen molar-refractivity contribution in [1.82, 2.24) is 0 Å². The molecule has 0 aromatic heterocycles. The summed E-state index contributed by atoms with van der Waals surface area (Å²) in [6, 6.07) is 0. The molecule has 0 radical (unpaired) electrons. The van der Waals surface area contributed by atoms with Gasteiger partial charge in [-0.1, -0.05) is 31.4 Å². The van der Waals surface area contributed by atoms with Crippen LogP contribution in [0, 0.1) is 5.92 Å². The molecule has 1 fully saturated rings. The van der Waals surface area contributed by atoms with E-state index in [1.54, 1.807) is 0 Å². The second kappa shape index (κ2) is 9.91. The van der Waals surface area contributed by atoms with Gasteiger partial charge in [-0.25, -0.2) is 9.78 Å². The van der Waals surface area contributed by atoms with E-state index in [0.29, 0.717) is 12.3 Å². The van der Waals surface area contributed by atoms with E-state index in [4.69, 9.17) is 14.5 Å². The third-order valence-corrected chi connectivity index (χ3v) is 3.27. The number of rotatable bonds is 9. The van der Waals surface area contributed by atoms with Crippen LogP contribution in [-0.4, -0.2) is 37.0 Å². The maximum absolute atomic E-state index is 11.6. The van der Waals surface area contributed by atoms with Crippen molar-refractivity contribution in [3.05, 3.63) is 12.2 Å². The summed E-state index contributed by atoms with van der Waals surface area (Å²) in [6.07, 6.45) is 5.48. The van der Waals surface area contributed by atoms with E-state index in [9.17, 15) is 9.90 Å². The zero-order valence-electron chi connectivity index (χ0n) is 12.3. The fourth-order valence-corrected chi connectivity index (χ4v) is 2.19. The molecule has 1 rings (SSSR count). The number of carbonyl (C=O) groups is 1. The number of carbonyl (C=O) groups excluding carboxylic acids is 1. The van der Waals surface area contributed by atoms with E-state index < -0.39 is 6.10 Å². The smallest absolute Gasteiger partial charge is 0.306 e. The van der Waals surface area contributed by atoms with E-state index in [2.05, 4.69) is 6.58 Å². The van der Waals surface area contributed by atoms with Crippen LogP contribution < -0.4 is 0 Å². The maximum atomic E-state index is 11.6. The van der Waals surface area contributed by atoms with Crippen LogP contribution in [0.25, 0.3) is 0 Å². The fourth-order valence-electron chi connectivity index (χ4n) is 2.19. The lowest BCUT2D eigenvalue weighted by Gasteiger charge is -2.20. The van der Waals surface area contributed by atoms with Crippen LogP contribution in [0.2, 0.25) is 0 Å². The predicted octanol–water partition coefficient (Wildman–Crippen LogP) is 2.39. The molecule has 116 valence electrons. The van der Waals surface area contributed by atoms with Gasteiger partial charge in [0.2, 0.25) is 0 Å². The van der Waals surface area contributed by atoms with Crippen LogP contribution in [0.1, 0.15) is 45.4 Å². The molecule has 0 amide bonds. The molecule has 1 unspecified atom stereocenters. The minimum absolute atomic E-state index is 0.0238. The summed E-state index contributed by atoms with van der Waals surface area (Å²) in [5.41, 5.74) is 0.832. The van der Waals surface area contributed by atoms with Crippen molar-refractivity contribution in [2.24, 2.45) is 5.92 Å². The van der Waals surface area contributed by atoms with Gasteiger partial charge in [-0.2, -0.15) is 0 Å². The Hall–Kier alpha value is -0.910. The first-order valence-electron chi connectivity index (χ1n) is 7.30. The van der Waals surface area contributed by atoms with Crippen molar-refractivity contribution in [3.63, 3.8) is 0 Å². The molecule has 0 saturated heterocycles. The molecule has 5 heteroatoms. The minimum atomic E-state index is -0.865. The summed E-state index contributed by atoms with van der Waals surface area (Å²) in [5, 5.41) is 9.56. The standard InChI is InChI=1S/C15H26O5/c1-12(2)9-19-20-11-14(16)10-18-15(17)8-13-6-4-3-5-7-13/h13-14,16H,1,3-11H2,2H3. The van der Waals surface area contributed by atoms with Crippen molar-refractivity contribution < 1.29 is 24.4 Å². The molecule has 0 aromatic carbocycles. The normalized spacial score (nSPS) is 17.7. The second-order valence-corrected chi connectivity index (χ2v) is 5.55. The molecule has 1 saturated carbocycles. The molecule has 0 spiro atoms. The topological polar surface area (TPSA) is 65.0 Å². The fraction of sp³-hybridized carbons (Fsp3) is 0.800. The van der Waals surface area contributed by atoms with Gasteiger partial charge >= 0.3 is 5.97 Å². The summed E-state index contributed by atoms with van der Waals surface area (Å²) >= 11 is 0. The van der Waals surface area contributed by atoms with Gasteiger partial charge in [-0.15, -0.1) is 0 Å². The van der Waals surface area contributed by atoms with Crippen LogP contribution in [0.4, 0.5) is 0 Å². The Labute approximate surface area is 120 Å². The lowest BCUT2D eigenvalue weighted by Crippen LogP contribution is -2.25. The van der Waals surface area contributed by atoms with Crippen LogP contribution in [-0.2, 0) is 19.3 Å². The van der Waals surface area contributed by atoms with Gasteiger partial charge in [-0.05, 0) is 25.7 Å². The van der Waals surface area contributed by atoms with Gasteiger partial charge in [-0.3, -0.25) is 4.79 Å². The molecular weight excluding hydrogens is 260 g/mol. The highest BCUT2D eigenvalue weighted by Crippen LogP contribution is 2.26. The molecule has 1 aliphatic carbocycles. The van der Waals surface area contributed by atoms with Crippen molar-refractivity contribution in [1.29, 1.82) is 0 Å². The van der Waals surface area contributed by atoms with Gasteiger partial charge in [0.1, 0.15) is 25.9 Å². The molecule has 5 nitrogen and oxygen atoms in total. The SMILES string of the molecule is C=C(C)COOCC(O)COC(=O)CC1CCCCC1. The zero-order valence-corrected chi connectivity index (χ0v) is 12.3. The Morgan fingerprint density at radius 2 is 1.95 bits per heavy atom. The number of hydrogen-bond donors (Lipinski definition) is 1. The Morgan fingerprint density at radius 1 is 1.25 bits per heavy atom. The van der Waals surface area contributed by atoms with Gasteiger partial charge in [0, 0.05) is 6.42 Å². The van der Waals surface area contributed by atoms with Crippen molar-refractivity contribution in [2.75, 3.05) is 19.8 Å². The highest BCUT2D eigenvalue weighted by Gasteiger charge is 2.18. The Morgan fingerprint density at radius 3 is 2.60 bits per heavy atom. The van der Waals surface area contributed by atoms with E-state index in [1.165, 1.54) is 19.3 Å². The van der Waals surface area contributed by atoms with Crippen molar-refractivity contribution in [2.45, 2.75) is 51.6 Å². The highest BCUT2D eigenvalue weighted by molar-refractivity contribution is 5.69. The molecule has 20 heavy (non-hydrogen) atoms. The van der Waals surface area contributed by atoms with Crippen molar-refractivity contribution >= 4 is 5.97 Å². The summed E-state index contributed by atoms with van der Waals surface area (Å²) in [4.78, 5) is 21.2. The number of aliphatic hydroxyl groups is 1. The molecular formula is C15H26O5. The molecule has 1 N–H and O–H groups in total. The van der Waals surface area contributed by atoms with E-state index in [-0.39, 0.29) is 25.8 Å². The first kappa shape index (κ1) is 17.1. The van der Waals surface area contributed by atoms with Gasteiger partial charge in [0.15, 0.2) is 0 Å². The van der Waals surface area contributed by atoms with Gasteiger partial charge < -0.3 is 9.84 Å². The molecule has 0 aliphatic heterocycles. The Bertz CT molecular complexity index is 297. The Balaban J connectivity index is 2.02. The molecule has 0 aromatic rings. The number of aliphatic hydroxyl groups excluding tert-OH is 1. The molecule has 0 bridgehead atoms. The van der Waals surface area contributed by atoms with Gasteiger partial charge in [0.05, 0.1) is 0 Å². The third-order valence-electron chi connectivity index (χ3n) is 3.27. The number of esters is 1. The lowest BCUT2D eigenvalue weighted by atomic mass is 9.87. The van der Waals surface area contributed by atoms with E-state index in [0.717, 1.165) is 18.4 Å². The lowest BCUT2D eigenvalue weighted by molar-refractivity contribution is -0.300.